The highest BCUT2D eigenvalue weighted by atomic mass is 16.1. The van der Waals surface area contributed by atoms with Gasteiger partial charge in [-0.1, -0.05) is 43.2 Å². The Balaban J connectivity index is 2.06. The topological polar surface area (TPSA) is 34.9 Å². The molecule has 3 aromatic rings. The van der Waals surface area contributed by atoms with E-state index in [1.807, 2.05) is 30.3 Å². The molecule has 0 atom stereocenters. The zero-order valence-electron chi connectivity index (χ0n) is 12.4. The van der Waals surface area contributed by atoms with Crippen LogP contribution in [0.2, 0.25) is 0 Å². The fourth-order valence-corrected chi connectivity index (χ4v) is 3.53. The van der Waals surface area contributed by atoms with Crippen molar-refractivity contribution in [3.05, 3.63) is 65.0 Å². The molecular weight excluding hydrogens is 272 g/mol. The van der Waals surface area contributed by atoms with Crippen LogP contribution in [0.1, 0.15) is 31.7 Å². The molecule has 1 aliphatic rings. The number of fused-ring (bicyclic) bond motifs is 1. The third kappa shape index (κ3) is 2.13. The minimum absolute atomic E-state index is 0.0520. The average molecular weight is 290 g/mol. The lowest BCUT2D eigenvalue weighted by Gasteiger charge is -2.22. The first kappa shape index (κ1) is 13.3. The maximum atomic E-state index is 12.5. The third-order valence-corrected chi connectivity index (χ3v) is 4.57. The highest BCUT2D eigenvalue weighted by Gasteiger charge is 2.22. The van der Waals surface area contributed by atoms with Gasteiger partial charge in [0.25, 0.3) is 0 Å². The molecule has 0 unspecified atom stereocenters. The van der Waals surface area contributed by atoms with E-state index in [1.165, 1.54) is 12.8 Å². The van der Waals surface area contributed by atoms with E-state index < -0.39 is 0 Å². The Bertz CT molecular complexity index is 861. The van der Waals surface area contributed by atoms with Gasteiger partial charge in [0, 0.05) is 18.3 Å². The van der Waals surface area contributed by atoms with Crippen LogP contribution in [-0.4, -0.2) is 9.55 Å². The van der Waals surface area contributed by atoms with Crippen LogP contribution in [0.15, 0.2) is 59.5 Å². The zero-order valence-corrected chi connectivity index (χ0v) is 12.4. The van der Waals surface area contributed by atoms with Crippen molar-refractivity contribution in [1.29, 1.82) is 0 Å². The van der Waals surface area contributed by atoms with Crippen molar-refractivity contribution in [2.24, 2.45) is 0 Å². The van der Waals surface area contributed by atoms with Crippen molar-refractivity contribution >= 4 is 11.0 Å². The van der Waals surface area contributed by atoms with E-state index in [4.69, 9.17) is 0 Å². The summed E-state index contributed by atoms with van der Waals surface area (Å²) in [5.74, 6) is 0. The Morgan fingerprint density at radius 3 is 2.55 bits per heavy atom. The molecule has 110 valence electrons. The van der Waals surface area contributed by atoms with Gasteiger partial charge in [-0.25, -0.2) is 4.98 Å². The van der Waals surface area contributed by atoms with Crippen LogP contribution in [0.5, 0.6) is 0 Å². The highest BCUT2D eigenvalue weighted by molar-refractivity contribution is 5.79. The van der Waals surface area contributed by atoms with Crippen molar-refractivity contribution in [2.45, 2.75) is 31.7 Å². The molecule has 22 heavy (non-hydrogen) atoms. The Kier molecular flexibility index (Phi) is 3.26. The molecule has 3 nitrogen and oxygen atoms in total. The summed E-state index contributed by atoms with van der Waals surface area (Å²) < 4.78 is 2.29. The van der Waals surface area contributed by atoms with Crippen LogP contribution in [-0.2, 0) is 0 Å². The lowest BCUT2D eigenvalue weighted by molar-refractivity contribution is 0.533. The van der Waals surface area contributed by atoms with Crippen molar-refractivity contribution in [2.75, 3.05) is 0 Å². The molecule has 0 N–H and O–H groups in total. The number of hydrogen-bond donors (Lipinski definition) is 0. The number of nitrogens with zero attached hydrogens (tertiary/aromatic N) is 2. The van der Waals surface area contributed by atoms with Gasteiger partial charge in [0.05, 0.1) is 11.1 Å². The van der Waals surface area contributed by atoms with E-state index in [0.29, 0.717) is 11.4 Å². The number of benzene rings is 1. The summed E-state index contributed by atoms with van der Waals surface area (Å²) in [6, 6.07) is 16.1. The largest absolute Gasteiger partial charge is 0.322 e. The van der Waals surface area contributed by atoms with Gasteiger partial charge in [0.15, 0.2) is 5.43 Å². The second-order valence-electron chi connectivity index (χ2n) is 5.94. The predicted octanol–water partition coefficient (Wildman–Crippen LogP) is 4.18. The maximum Gasteiger partial charge on any atom is 0.191 e. The average Bonchev–Trinajstić information content (AvgIpc) is 3.10. The van der Waals surface area contributed by atoms with Gasteiger partial charge in [-0.15, -0.1) is 0 Å². The first-order valence-electron chi connectivity index (χ1n) is 7.90. The molecule has 0 saturated heterocycles. The Morgan fingerprint density at radius 2 is 1.77 bits per heavy atom. The van der Waals surface area contributed by atoms with E-state index in [0.717, 1.165) is 29.7 Å². The molecule has 3 heteroatoms. The van der Waals surface area contributed by atoms with Crippen LogP contribution in [0.3, 0.4) is 0 Å². The van der Waals surface area contributed by atoms with Crippen molar-refractivity contribution in [3.63, 3.8) is 0 Å². The van der Waals surface area contributed by atoms with Crippen LogP contribution in [0.4, 0.5) is 0 Å². The second-order valence-corrected chi connectivity index (χ2v) is 5.94. The van der Waals surface area contributed by atoms with E-state index in [1.54, 1.807) is 12.3 Å². The first-order chi connectivity index (χ1) is 10.8. The minimum Gasteiger partial charge on any atom is -0.322 e. The van der Waals surface area contributed by atoms with Gasteiger partial charge >= 0.3 is 0 Å². The van der Waals surface area contributed by atoms with Crippen molar-refractivity contribution in [1.82, 2.24) is 9.55 Å². The van der Waals surface area contributed by atoms with E-state index in [-0.39, 0.29) is 5.43 Å². The normalized spacial score (nSPS) is 15.5. The molecule has 1 fully saturated rings. The fraction of sp³-hybridized carbons (Fsp3) is 0.263. The molecule has 2 heterocycles. The van der Waals surface area contributed by atoms with Gasteiger partial charge in [-0.05, 0) is 30.5 Å². The molecule has 0 amide bonds. The van der Waals surface area contributed by atoms with Crippen LogP contribution in [0, 0.1) is 0 Å². The summed E-state index contributed by atoms with van der Waals surface area (Å²) in [5.41, 5.74) is 2.94. The molecular formula is C19H18N2O. The zero-order chi connectivity index (χ0) is 14.9. The Hall–Kier alpha value is -2.42. The van der Waals surface area contributed by atoms with Crippen molar-refractivity contribution in [3.8, 4) is 11.3 Å². The minimum atomic E-state index is 0.0520. The predicted molar refractivity (Wildman–Crippen MR) is 88.9 cm³/mol. The van der Waals surface area contributed by atoms with Gasteiger partial charge in [0.2, 0.25) is 0 Å². The fourth-order valence-electron chi connectivity index (χ4n) is 3.53. The summed E-state index contributed by atoms with van der Waals surface area (Å²) in [6.45, 7) is 0. The van der Waals surface area contributed by atoms with E-state index in [9.17, 15) is 4.79 Å². The summed E-state index contributed by atoms with van der Waals surface area (Å²) in [7, 11) is 0. The van der Waals surface area contributed by atoms with Gasteiger partial charge in [0.1, 0.15) is 5.65 Å². The van der Waals surface area contributed by atoms with Gasteiger partial charge in [-0.3, -0.25) is 4.79 Å². The van der Waals surface area contributed by atoms with Crippen molar-refractivity contribution < 1.29 is 0 Å². The third-order valence-electron chi connectivity index (χ3n) is 4.57. The standard InChI is InChI=1S/C19H18N2O/c22-18-13-17(14-7-2-1-3-8-14)21(15-9-4-5-10-15)19-16(18)11-6-12-20-19/h1-3,6-8,11-13,15H,4-5,9-10H2. The Labute approximate surface area is 129 Å². The summed E-state index contributed by atoms with van der Waals surface area (Å²) in [5, 5.41) is 0.717. The highest BCUT2D eigenvalue weighted by Crippen LogP contribution is 2.35. The number of pyridine rings is 2. The molecule has 0 bridgehead atoms. The van der Waals surface area contributed by atoms with Gasteiger partial charge < -0.3 is 4.57 Å². The molecule has 0 aliphatic heterocycles. The summed E-state index contributed by atoms with van der Waals surface area (Å²) >= 11 is 0. The van der Waals surface area contributed by atoms with E-state index >= 15 is 0 Å². The summed E-state index contributed by atoms with van der Waals surface area (Å²) in [6.07, 6.45) is 6.60. The number of hydrogen-bond acceptors (Lipinski definition) is 2. The maximum absolute atomic E-state index is 12.5. The molecule has 1 aliphatic carbocycles. The molecule has 2 aromatic heterocycles. The van der Waals surface area contributed by atoms with Crippen LogP contribution >= 0.6 is 0 Å². The van der Waals surface area contributed by atoms with Crippen LogP contribution in [0.25, 0.3) is 22.3 Å². The lowest BCUT2D eigenvalue weighted by Crippen LogP contribution is -2.16. The number of rotatable bonds is 2. The monoisotopic (exact) mass is 290 g/mol. The lowest BCUT2D eigenvalue weighted by atomic mass is 10.1. The molecule has 1 aromatic carbocycles. The SMILES string of the molecule is O=c1cc(-c2ccccc2)n(C2CCCC2)c2ncccc12. The first-order valence-corrected chi connectivity index (χ1v) is 7.90. The Morgan fingerprint density at radius 1 is 1.00 bits per heavy atom. The van der Waals surface area contributed by atoms with Gasteiger partial charge in [-0.2, -0.15) is 0 Å². The second kappa shape index (κ2) is 5.41. The number of aromatic nitrogens is 2. The quantitative estimate of drug-likeness (QED) is 0.709. The molecule has 0 spiro atoms. The van der Waals surface area contributed by atoms with Crippen LogP contribution < -0.4 is 5.43 Å². The summed E-state index contributed by atoms with van der Waals surface area (Å²) in [4.78, 5) is 17.0. The molecule has 0 radical (unpaired) electrons. The molecule has 4 rings (SSSR count). The molecule has 1 saturated carbocycles. The van der Waals surface area contributed by atoms with E-state index in [2.05, 4.69) is 21.7 Å². The smallest absolute Gasteiger partial charge is 0.191 e.